The van der Waals surface area contributed by atoms with E-state index in [1.54, 1.807) is 13.8 Å². The fourth-order valence-corrected chi connectivity index (χ4v) is 5.34. The number of rotatable bonds is 6. The first-order chi connectivity index (χ1) is 13.6. The summed E-state index contributed by atoms with van der Waals surface area (Å²) in [7, 11) is -3.76. The summed E-state index contributed by atoms with van der Waals surface area (Å²) in [6.07, 6.45) is 0. The topological polar surface area (TPSA) is 91.8 Å². The number of H-pyrrole nitrogens is 1. The summed E-state index contributed by atoms with van der Waals surface area (Å²) in [6, 6.07) is 4.97. The Hall–Kier alpha value is -2.36. The van der Waals surface area contributed by atoms with Crippen molar-refractivity contribution in [3.63, 3.8) is 0 Å². The Morgan fingerprint density at radius 1 is 1.21 bits per heavy atom. The fraction of sp³-hybridized carbons (Fsp3) is 0.400. The minimum atomic E-state index is -3.76. The Kier molecular flexibility index (Phi) is 6.02. The maximum atomic E-state index is 13.4. The van der Waals surface area contributed by atoms with Gasteiger partial charge in [0, 0.05) is 11.3 Å². The Morgan fingerprint density at radius 3 is 2.41 bits per heavy atom. The molecule has 0 saturated carbocycles. The standard InChI is InChI=1S/C20H24FN3O4S/c1-13-19(15(3)25)14(2)22-20(13)18(26)12-23-7-9-24(10-8-23)29(27,28)17-6-4-5-16(21)11-17/h4-6,11,22H,7-10,12H2,1-3H3/p+1. The zero-order valence-electron chi connectivity index (χ0n) is 16.7. The van der Waals surface area contributed by atoms with Gasteiger partial charge in [-0.3, -0.25) is 9.59 Å². The molecule has 1 aliphatic heterocycles. The number of nitrogens with zero attached hydrogens (tertiary/aromatic N) is 1. The summed E-state index contributed by atoms with van der Waals surface area (Å²) in [5.74, 6) is -0.782. The van der Waals surface area contributed by atoms with Gasteiger partial charge in [0.25, 0.3) is 0 Å². The van der Waals surface area contributed by atoms with Crippen LogP contribution in [0.5, 0.6) is 0 Å². The van der Waals surface area contributed by atoms with Crippen LogP contribution in [0.3, 0.4) is 0 Å². The number of nitrogens with one attached hydrogen (secondary N) is 2. The van der Waals surface area contributed by atoms with Crippen LogP contribution < -0.4 is 4.90 Å². The number of sulfonamides is 1. The molecule has 0 atom stereocenters. The van der Waals surface area contributed by atoms with Crippen LogP contribution in [0.15, 0.2) is 29.2 Å². The Morgan fingerprint density at radius 2 is 1.86 bits per heavy atom. The van der Waals surface area contributed by atoms with E-state index in [2.05, 4.69) is 4.98 Å². The number of carbonyl (C=O) groups is 2. The molecular formula is C20H25FN3O4S+. The predicted octanol–water partition coefficient (Wildman–Crippen LogP) is 0.745. The number of piperazine rings is 1. The van der Waals surface area contributed by atoms with Gasteiger partial charge in [0.1, 0.15) is 12.4 Å². The lowest BCUT2D eigenvalue weighted by molar-refractivity contribution is -0.895. The molecule has 0 unspecified atom stereocenters. The SMILES string of the molecule is CC(=O)c1c(C)[nH]c(C(=O)C[NH+]2CCN(S(=O)(=O)c3cccc(F)c3)CC2)c1C. The third-order valence-corrected chi connectivity index (χ3v) is 7.24. The number of aryl methyl sites for hydroxylation is 1. The van der Waals surface area contributed by atoms with Gasteiger partial charge in [-0.1, -0.05) is 6.07 Å². The number of quaternary nitrogens is 1. The number of hydrogen-bond donors (Lipinski definition) is 2. The molecule has 9 heteroatoms. The van der Waals surface area contributed by atoms with Crippen molar-refractivity contribution in [3.05, 3.63) is 52.6 Å². The average Bonchev–Trinajstić information content (AvgIpc) is 2.96. The van der Waals surface area contributed by atoms with Crippen LogP contribution in [0.2, 0.25) is 0 Å². The van der Waals surface area contributed by atoms with Crippen LogP contribution in [-0.4, -0.2) is 62.0 Å². The molecular weight excluding hydrogens is 397 g/mol. The first-order valence-corrected chi connectivity index (χ1v) is 10.9. The van der Waals surface area contributed by atoms with E-state index in [-0.39, 0.29) is 36.1 Å². The van der Waals surface area contributed by atoms with Gasteiger partial charge < -0.3 is 9.88 Å². The van der Waals surface area contributed by atoms with Gasteiger partial charge in [-0.25, -0.2) is 12.8 Å². The minimum absolute atomic E-state index is 0.0636. The van der Waals surface area contributed by atoms with Crippen LogP contribution >= 0.6 is 0 Å². The van der Waals surface area contributed by atoms with E-state index in [0.717, 1.165) is 11.0 Å². The second kappa shape index (κ2) is 8.17. The van der Waals surface area contributed by atoms with Gasteiger partial charge in [0.05, 0.1) is 36.8 Å². The molecule has 29 heavy (non-hydrogen) atoms. The summed E-state index contributed by atoms with van der Waals surface area (Å²) < 4.78 is 40.1. The summed E-state index contributed by atoms with van der Waals surface area (Å²) in [6.45, 7) is 6.66. The fourth-order valence-electron chi connectivity index (χ4n) is 3.87. The molecule has 1 saturated heterocycles. The quantitative estimate of drug-likeness (QED) is 0.672. The maximum absolute atomic E-state index is 13.4. The second-order valence-corrected chi connectivity index (χ2v) is 9.33. The highest BCUT2D eigenvalue weighted by Gasteiger charge is 2.32. The maximum Gasteiger partial charge on any atom is 0.243 e. The Bertz CT molecular complexity index is 1050. The number of aromatic amines is 1. The highest BCUT2D eigenvalue weighted by molar-refractivity contribution is 7.89. The van der Waals surface area contributed by atoms with E-state index in [9.17, 15) is 22.4 Å². The van der Waals surface area contributed by atoms with Crippen molar-refractivity contribution in [1.82, 2.24) is 9.29 Å². The number of carbonyl (C=O) groups excluding carboxylic acids is 2. The van der Waals surface area contributed by atoms with Crippen molar-refractivity contribution in [2.75, 3.05) is 32.7 Å². The van der Waals surface area contributed by atoms with E-state index in [0.29, 0.717) is 35.6 Å². The van der Waals surface area contributed by atoms with Crippen molar-refractivity contribution in [2.45, 2.75) is 25.7 Å². The first kappa shape index (κ1) is 21.4. The molecule has 7 nitrogen and oxygen atoms in total. The number of hydrogen-bond acceptors (Lipinski definition) is 4. The molecule has 2 N–H and O–H groups in total. The van der Waals surface area contributed by atoms with Crippen LogP contribution in [0.1, 0.15) is 39.0 Å². The number of benzene rings is 1. The molecule has 3 rings (SSSR count). The number of ketones is 2. The van der Waals surface area contributed by atoms with Crippen molar-refractivity contribution in [1.29, 1.82) is 0 Å². The second-order valence-electron chi connectivity index (χ2n) is 7.39. The molecule has 0 aliphatic carbocycles. The summed E-state index contributed by atoms with van der Waals surface area (Å²) in [4.78, 5) is 28.4. The summed E-state index contributed by atoms with van der Waals surface area (Å²) in [5, 5.41) is 0. The molecule has 2 aromatic rings. The van der Waals surface area contributed by atoms with Crippen LogP contribution in [0.4, 0.5) is 4.39 Å². The van der Waals surface area contributed by atoms with E-state index in [1.807, 2.05) is 0 Å². The number of halogens is 1. The largest absolute Gasteiger partial charge is 0.355 e. The van der Waals surface area contributed by atoms with E-state index < -0.39 is 15.8 Å². The molecule has 0 bridgehead atoms. The van der Waals surface area contributed by atoms with Gasteiger partial charge in [-0.2, -0.15) is 4.31 Å². The molecule has 1 fully saturated rings. The van der Waals surface area contributed by atoms with Crippen LogP contribution in [-0.2, 0) is 10.0 Å². The average molecular weight is 423 g/mol. The van der Waals surface area contributed by atoms with Crippen LogP contribution in [0.25, 0.3) is 0 Å². The summed E-state index contributed by atoms with van der Waals surface area (Å²) in [5.41, 5.74) is 2.33. The molecule has 0 spiro atoms. The lowest BCUT2D eigenvalue weighted by atomic mass is 10.1. The zero-order chi connectivity index (χ0) is 21.3. The molecule has 156 valence electrons. The zero-order valence-corrected chi connectivity index (χ0v) is 17.5. The highest BCUT2D eigenvalue weighted by Crippen LogP contribution is 2.19. The normalized spacial score (nSPS) is 16.1. The van der Waals surface area contributed by atoms with Gasteiger partial charge in [0.15, 0.2) is 5.78 Å². The van der Waals surface area contributed by atoms with Gasteiger partial charge >= 0.3 is 0 Å². The smallest absolute Gasteiger partial charge is 0.243 e. The van der Waals surface area contributed by atoms with Crippen molar-refractivity contribution < 1.29 is 27.3 Å². The molecule has 1 aromatic heterocycles. The van der Waals surface area contributed by atoms with Gasteiger partial charge in [-0.05, 0) is 44.5 Å². The number of Topliss-reactive ketones (excluding diaryl/α,β-unsaturated/α-hetero) is 2. The third-order valence-electron chi connectivity index (χ3n) is 5.34. The molecule has 1 aliphatic rings. The highest BCUT2D eigenvalue weighted by atomic mass is 32.2. The van der Waals surface area contributed by atoms with E-state index in [4.69, 9.17) is 0 Å². The minimum Gasteiger partial charge on any atom is -0.355 e. The third kappa shape index (κ3) is 4.31. The van der Waals surface area contributed by atoms with Gasteiger partial charge in [0.2, 0.25) is 15.8 Å². The van der Waals surface area contributed by atoms with Crippen molar-refractivity contribution >= 4 is 21.6 Å². The van der Waals surface area contributed by atoms with Crippen LogP contribution in [0, 0.1) is 19.7 Å². The molecule has 0 amide bonds. The summed E-state index contributed by atoms with van der Waals surface area (Å²) >= 11 is 0. The van der Waals surface area contributed by atoms with E-state index in [1.165, 1.54) is 29.4 Å². The first-order valence-electron chi connectivity index (χ1n) is 9.44. The predicted molar refractivity (Wildman–Crippen MR) is 105 cm³/mol. The molecule has 1 aromatic carbocycles. The Labute approximate surface area is 169 Å². The van der Waals surface area contributed by atoms with Gasteiger partial charge in [-0.15, -0.1) is 0 Å². The lowest BCUT2D eigenvalue weighted by Gasteiger charge is -2.31. The van der Waals surface area contributed by atoms with Crippen molar-refractivity contribution in [2.24, 2.45) is 0 Å². The van der Waals surface area contributed by atoms with Crippen molar-refractivity contribution in [3.8, 4) is 0 Å². The lowest BCUT2D eigenvalue weighted by Crippen LogP contribution is -3.15. The molecule has 2 heterocycles. The van der Waals surface area contributed by atoms with E-state index >= 15 is 0 Å². The Balaban J connectivity index is 1.65. The monoisotopic (exact) mass is 422 g/mol. The number of aromatic nitrogens is 1. The molecule has 0 radical (unpaired) electrons.